The molecule has 2 aliphatic heterocycles. The largest absolute Gasteiger partial charge is 0.487 e. The van der Waals surface area contributed by atoms with Crippen LogP contribution in [-0.4, -0.2) is 47.5 Å². The summed E-state index contributed by atoms with van der Waals surface area (Å²) in [7, 11) is 1.54. The maximum atomic E-state index is 14.9. The van der Waals surface area contributed by atoms with Crippen LogP contribution < -0.4 is 15.4 Å². The number of rotatable bonds is 7. The predicted octanol–water partition coefficient (Wildman–Crippen LogP) is 4.47. The number of para-hydroxylation sites is 1. The van der Waals surface area contributed by atoms with Crippen molar-refractivity contribution in [3.05, 3.63) is 65.0 Å². The van der Waals surface area contributed by atoms with Gasteiger partial charge in [0, 0.05) is 43.2 Å². The molecule has 0 radical (unpaired) electrons. The van der Waals surface area contributed by atoms with Gasteiger partial charge in [0.05, 0.1) is 12.1 Å². The molecule has 9 heteroatoms. The van der Waals surface area contributed by atoms with Crippen molar-refractivity contribution in [2.24, 2.45) is 0 Å². The van der Waals surface area contributed by atoms with Crippen LogP contribution in [0.3, 0.4) is 0 Å². The number of nitrogens with one attached hydrogen (secondary N) is 3. The predicted molar refractivity (Wildman–Crippen MR) is 138 cm³/mol. The fourth-order valence-electron chi connectivity index (χ4n) is 5.13. The maximum absolute atomic E-state index is 14.9. The summed E-state index contributed by atoms with van der Waals surface area (Å²) < 4.78 is 26.2. The van der Waals surface area contributed by atoms with Crippen molar-refractivity contribution < 1.29 is 23.5 Å². The second-order valence-corrected chi connectivity index (χ2v) is 11.0. The molecule has 1 fully saturated rings. The molecule has 0 aromatic heterocycles. The molecule has 4 rings (SSSR count). The molecule has 0 bridgehead atoms. The van der Waals surface area contributed by atoms with Gasteiger partial charge in [0.25, 0.3) is 5.91 Å². The summed E-state index contributed by atoms with van der Waals surface area (Å²) in [6.45, 7) is 7.91. The number of ether oxygens (including phenoxy) is 2. The van der Waals surface area contributed by atoms with Crippen molar-refractivity contribution in [1.29, 1.82) is 5.41 Å². The molecule has 2 aromatic rings. The van der Waals surface area contributed by atoms with Gasteiger partial charge in [-0.15, -0.1) is 0 Å². The average Bonchev–Trinajstić information content (AvgIpc) is 2.78. The lowest BCUT2D eigenvalue weighted by atomic mass is 9.89. The molecule has 2 atom stereocenters. The monoisotopic (exact) mass is 510 g/mol. The van der Waals surface area contributed by atoms with Crippen LogP contribution in [0.1, 0.15) is 80.5 Å². The van der Waals surface area contributed by atoms with E-state index in [0.29, 0.717) is 24.2 Å². The zero-order chi connectivity index (χ0) is 27.0. The quantitative estimate of drug-likeness (QED) is 0.510. The minimum atomic E-state index is -0.673. The Morgan fingerprint density at radius 2 is 2.00 bits per heavy atom. The molecule has 198 valence electrons. The van der Waals surface area contributed by atoms with Crippen LogP contribution in [0.5, 0.6) is 5.75 Å². The number of methoxy groups -OCH3 is 1. The number of carbonyl (C=O) groups excluding carboxylic acids is 2. The summed E-state index contributed by atoms with van der Waals surface area (Å²) in [5.74, 6) is -0.615. The van der Waals surface area contributed by atoms with Crippen LogP contribution in [0.2, 0.25) is 0 Å². The van der Waals surface area contributed by atoms with E-state index in [1.165, 1.54) is 17.0 Å². The highest BCUT2D eigenvalue weighted by molar-refractivity contribution is 5.99. The maximum Gasteiger partial charge on any atom is 0.251 e. The summed E-state index contributed by atoms with van der Waals surface area (Å²) in [6, 6.07) is 10.7. The highest BCUT2D eigenvalue weighted by atomic mass is 19.1. The normalized spacial score (nSPS) is 20.9. The van der Waals surface area contributed by atoms with E-state index in [1.807, 2.05) is 52.0 Å². The Balaban J connectivity index is 1.64. The third kappa shape index (κ3) is 5.93. The number of hydrogen-bond acceptors (Lipinski definition) is 5. The van der Waals surface area contributed by atoms with E-state index in [1.54, 1.807) is 13.2 Å². The first-order valence-corrected chi connectivity index (χ1v) is 12.5. The molecule has 2 heterocycles. The first-order chi connectivity index (χ1) is 17.4. The van der Waals surface area contributed by atoms with Gasteiger partial charge in [-0.3, -0.25) is 19.9 Å². The van der Waals surface area contributed by atoms with Gasteiger partial charge in [0.15, 0.2) is 5.96 Å². The Morgan fingerprint density at radius 1 is 1.27 bits per heavy atom. The number of benzene rings is 2. The molecular formula is C28H35FN4O4. The number of hydrogen-bond donors (Lipinski definition) is 3. The van der Waals surface area contributed by atoms with E-state index < -0.39 is 28.9 Å². The molecule has 3 N–H and O–H groups in total. The zero-order valence-corrected chi connectivity index (χ0v) is 22.0. The Bertz CT molecular complexity index is 1190. The van der Waals surface area contributed by atoms with Crippen molar-refractivity contribution in [3.8, 4) is 5.75 Å². The van der Waals surface area contributed by atoms with Crippen molar-refractivity contribution in [1.82, 2.24) is 15.5 Å². The molecule has 1 saturated heterocycles. The van der Waals surface area contributed by atoms with Crippen molar-refractivity contribution in [2.75, 3.05) is 13.7 Å². The van der Waals surface area contributed by atoms with Crippen LogP contribution in [0, 0.1) is 11.2 Å². The van der Waals surface area contributed by atoms with E-state index in [2.05, 4.69) is 10.6 Å². The van der Waals surface area contributed by atoms with Gasteiger partial charge in [-0.2, -0.15) is 0 Å². The van der Waals surface area contributed by atoms with Crippen LogP contribution in [0.15, 0.2) is 42.5 Å². The molecule has 8 nitrogen and oxygen atoms in total. The van der Waals surface area contributed by atoms with Crippen LogP contribution in [0.4, 0.5) is 4.39 Å². The smallest absolute Gasteiger partial charge is 0.251 e. The summed E-state index contributed by atoms with van der Waals surface area (Å²) in [5.41, 5.74) is 0.390. The van der Waals surface area contributed by atoms with Gasteiger partial charge >= 0.3 is 0 Å². The lowest BCUT2D eigenvalue weighted by Gasteiger charge is -2.42. The topological polar surface area (TPSA) is 104 Å². The number of carbonyl (C=O) groups is 2. The van der Waals surface area contributed by atoms with Gasteiger partial charge in [0.1, 0.15) is 17.2 Å². The van der Waals surface area contributed by atoms with E-state index in [0.717, 1.165) is 5.56 Å². The van der Waals surface area contributed by atoms with E-state index >= 15 is 0 Å². The van der Waals surface area contributed by atoms with Crippen LogP contribution in [0.25, 0.3) is 0 Å². The number of nitrogens with zero attached hydrogens (tertiary/aromatic N) is 1. The molecule has 2 aliphatic rings. The van der Waals surface area contributed by atoms with Crippen molar-refractivity contribution in [3.63, 3.8) is 0 Å². The number of amides is 2. The van der Waals surface area contributed by atoms with Crippen molar-refractivity contribution >= 4 is 17.8 Å². The van der Waals surface area contributed by atoms with E-state index in [9.17, 15) is 14.0 Å². The third-order valence-electron chi connectivity index (χ3n) is 6.72. The minimum absolute atomic E-state index is 0.0568. The summed E-state index contributed by atoms with van der Waals surface area (Å²) in [4.78, 5) is 27.8. The van der Waals surface area contributed by atoms with E-state index in [-0.39, 0.29) is 36.5 Å². The first-order valence-electron chi connectivity index (χ1n) is 12.5. The molecule has 0 unspecified atom stereocenters. The van der Waals surface area contributed by atoms with Gasteiger partial charge in [-0.25, -0.2) is 4.39 Å². The molecule has 0 saturated carbocycles. The fraction of sp³-hybridized carbons (Fsp3) is 0.464. The fourth-order valence-corrected chi connectivity index (χ4v) is 5.13. The lowest BCUT2D eigenvalue weighted by molar-refractivity contribution is -0.132. The third-order valence-corrected chi connectivity index (χ3v) is 6.72. The summed E-state index contributed by atoms with van der Waals surface area (Å²) in [6.07, 6.45) is 1.06. The molecule has 2 aromatic carbocycles. The summed E-state index contributed by atoms with van der Waals surface area (Å²) in [5, 5.41) is 14.6. The highest BCUT2D eigenvalue weighted by Gasteiger charge is 2.39. The van der Waals surface area contributed by atoms with E-state index in [4.69, 9.17) is 14.9 Å². The SMILES string of the molecule is COCC[C@H](c1cc(F)cc(C(=O)N[C@H]2CC(C)(C)Oc3ccccc32)c1)N1C(=N)NC(C)(C)CC1=O. The van der Waals surface area contributed by atoms with Gasteiger partial charge in [-0.1, -0.05) is 18.2 Å². The Morgan fingerprint density at radius 3 is 2.70 bits per heavy atom. The van der Waals surface area contributed by atoms with Crippen molar-refractivity contribution in [2.45, 2.75) is 70.2 Å². The number of halogens is 1. The second-order valence-electron chi connectivity index (χ2n) is 11.0. The minimum Gasteiger partial charge on any atom is -0.487 e. The standard InChI is InChI=1S/C28H35FN4O4/c1-27(2)16-24(34)33(26(30)32-27)22(10-11-36-5)17-12-18(14-19(29)13-17)25(35)31-21-15-28(3,4)37-23-9-7-6-8-20(21)23/h6-9,12-14,21-22H,10-11,15-16H2,1-5H3,(H2,30,32)(H,31,35)/t21-,22+/m0/s1. The molecule has 0 aliphatic carbocycles. The summed E-state index contributed by atoms with van der Waals surface area (Å²) >= 11 is 0. The first kappa shape index (κ1) is 26.6. The van der Waals surface area contributed by atoms with Crippen LogP contribution in [-0.2, 0) is 9.53 Å². The van der Waals surface area contributed by atoms with Crippen LogP contribution >= 0.6 is 0 Å². The number of guanidine groups is 1. The number of fused-ring (bicyclic) bond motifs is 1. The highest BCUT2D eigenvalue weighted by Crippen LogP contribution is 2.39. The molecule has 0 spiro atoms. The Kier molecular flexibility index (Phi) is 7.28. The Labute approximate surface area is 217 Å². The Hall–Kier alpha value is -3.46. The molecule has 37 heavy (non-hydrogen) atoms. The zero-order valence-electron chi connectivity index (χ0n) is 22.0. The average molecular weight is 511 g/mol. The van der Waals surface area contributed by atoms with Gasteiger partial charge in [-0.05, 0) is 63.9 Å². The second kappa shape index (κ2) is 10.1. The van der Waals surface area contributed by atoms with Gasteiger partial charge in [0.2, 0.25) is 5.91 Å². The molecular weight excluding hydrogens is 475 g/mol. The molecule has 2 amide bonds. The lowest BCUT2D eigenvalue weighted by Crippen LogP contribution is -2.60. The van der Waals surface area contributed by atoms with Gasteiger partial charge < -0.3 is 20.1 Å².